The van der Waals surface area contributed by atoms with Crippen LogP contribution in [0.1, 0.15) is 53.5 Å². The van der Waals surface area contributed by atoms with E-state index < -0.39 is 0 Å². The van der Waals surface area contributed by atoms with Crippen LogP contribution in [0, 0.1) is 0 Å². The van der Waals surface area contributed by atoms with E-state index in [0.29, 0.717) is 0 Å². The van der Waals surface area contributed by atoms with Gasteiger partial charge in [0.25, 0.3) is 0 Å². The molecule has 0 fully saturated rings. The summed E-state index contributed by atoms with van der Waals surface area (Å²) in [5, 5.41) is 3.35. The van der Waals surface area contributed by atoms with Gasteiger partial charge in [-0.25, -0.2) is 0 Å². The minimum Gasteiger partial charge on any atom is -0.385 e. The molecule has 1 N–H and O–H groups in total. The molecule has 0 aromatic heterocycles. The first-order valence-electron chi connectivity index (χ1n) is 6.69. The molecule has 16 heavy (non-hydrogen) atoms. The Labute approximate surface area is 102 Å². The van der Waals surface area contributed by atoms with Crippen LogP contribution in [0.2, 0.25) is 0 Å². The second-order valence-corrected chi connectivity index (χ2v) is 2.98. The van der Waals surface area contributed by atoms with Crippen LogP contribution in [0.25, 0.3) is 0 Å². The molecule has 1 nitrogen and oxygen atoms in total. The Morgan fingerprint density at radius 2 is 1.38 bits per heavy atom. The van der Waals surface area contributed by atoms with Crippen molar-refractivity contribution >= 4 is 5.69 Å². The second kappa shape index (κ2) is 14.0. The minimum atomic E-state index is 1.06. The summed E-state index contributed by atoms with van der Waals surface area (Å²) in [5.41, 5.74) is 2.63. The average molecular weight is 223 g/mol. The Morgan fingerprint density at radius 3 is 1.75 bits per heavy atom. The number of nitrogens with one attached hydrogen (secondary N) is 1. The van der Waals surface area contributed by atoms with Gasteiger partial charge in [-0.15, -0.1) is 0 Å². The lowest BCUT2D eigenvalue weighted by molar-refractivity contribution is 0.979. The fraction of sp³-hybridized carbons (Fsp3) is 0.600. The molecule has 0 aliphatic carbocycles. The van der Waals surface area contributed by atoms with Crippen molar-refractivity contribution in [1.82, 2.24) is 0 Å². The Balaban J connectivity index is 0. The zero-order chi connectivity index (χ0) is 12.8. The quantitative estimate of drug-likeness (QED) is 0.746. The zero-order valence-corrected chi connectivity index (χ0v) is 11.9. The van der Waals surface area contributed by atoms with Gasteiger partial charge in [-0.1, -0.05) is 53.7 Å². The van der Waals surface area contributed by atoms with Gasteiger partial charge in [-0.3, -0.25) is 0 Å². The van der Waals surface area contributed by atoms with Gasteiger partial charge < -0.3 is 5.32 Å². The zero-order valence-electron chi connectivity index (χ0n) is 11.9. The molecule has 1 aromatic rings. The van der Waals surface area contributed by atoms with E-state index in [1.165, 1.54) is 17.7 Å². The molecule has 0 saturated heterocycles. The molecular weight excluding hydrogens is 194 g/mol. The molecule has 0 bridgehead atoms. The van der Waals surface area contributed by atoms with Crippen LogP contribution in [0.15, 0.2) is 24.3 Å². The van der Waals surface area contributed by atoms with Crippen molar-refractivity contribution in [1.29, 1.82) is 0 Å². The van der Waals surface area contributed by atoms with Crippen LogP contribution in [-0.2, 0) is 6.42 Å². The van der Waals surface area contributed by atoms with Crippen molar-refractivity contribution in [2.75, 3.05) is 11.9 Å². The molecule has 0 spiro atoms. The largest absolute Gasteiger partial charge is 0.385 e. The Kier molecular flexibility index (Phi) is 15.3. The molecule has 94 valence electrons. The summed E-state index contributed by atoms with van der Waals surface area (Å²) in [5.74, 6) is 0. The summed E-state index contributed by atoms with van der Waals surface area (Å²) in [6.07, 6.45) is 2.30. The van der Waals surface area contributed by atoms with E-state index in [0.717, 1.165) is 13.0 Å². The third-order valence-corrected chi connectivity index (χ3v) is 1.94. The topological polar surface area (TPSA) is 12.0 Å². The molecule has 0 atom stereocenters. The number of benzene rings is 1. The molecule has 0 heterocycles. The van der Waals surface area contributed by atoms with Gasteiger partial charge in [-0.2, -0.15) is 0 Å². The molecule has 1 aromatic carbocycles. The summed E-state index contributed by atoms with van der Waals surface area (Å²) >= 11 is 0. The summed E-state index contributed by atoms with van der Waals surface area (Å²) in [6, 6.07) is 8.65. The van der Waals surface area contributed by atoms with Gasteiger partial charge in [0.05, 0.1) is 0 Å². The maximum Gasteiger partial charge on any atom is 0.0340 e. The van der Waals surface area contributed by atoms with Gasteiger partial charge in [0, 0.05) is 12.2 Å². The van der Waals surface area contributed by atoms with Crippen molar-refractivity contribution in [3.63, 3.8) is 0 Å². The highest BCUT2D eigenvalue weighted by Gasteiger charge is 1.90. The van der Waals surface area contributed by atoms with Gasteiger partial charge in [0.1, 0.15) is 0 Å². The van der Waals surface area contributed by atoms with Crippen LogP contribution < -0.4 is 5.32 Å². The van der Waals surface area contributed by atoms with E-state index in [4.69, 9.17) is 0 Å². The second-order valence-electron chi connectivity index (χ2n) is 2.98. The summed E-state index contributed by atoms with van der Waals surface area (Å²) in [7, 11) is 0. The number of hydrogen-bond donors (Lipinski definition) is 1. The molecule has 0 aliphatic heterocycles. The number of rotatable bonds is 4. The van der Waals surface area contributed by atoms with Crippen molar-refractivity contribution < 1.29 is 0 Å². The fourth-order valence-corrected chi connectivity index (χ4v) is 1.13. The Hall–Kier alpha value is -0.980. The Bertz CT molecular complexity index is 213. The fourth-order valence-electron chi connectivity index (χ4n) is 1.13. The standard InChI is InChI=1S/C11H17N.2C2H6/c1-3-9-12-11-7-5-10(4-2)6-8-11;2*1-2/h5-8,12H,3-4,9H2,1-2H3;2*1-2H3. The van der Waals surface area contributed by atoms with E-state index in [9.17, 15) is 0 Å². The average Bonchev–Trinajstić information content (AvgIpc) is 2.41. The highest BCUT2D eigenvalue weighted by atomic mass is 14.9. The van der Waals surface area contributed by atoms with Gasteiger partial charge in [0.15, 0.2) is 0 Å². The number of hydrogen-bond acceptors (Lipinski definition) is 1. The predicted molar refractivity (Wildman–Crippen MR) is 77.3 cm³/mol. The summed E-state index contributed by atoms with van der Waals surface area (Å²) < 4.78 is 0. The Morgan fingerprint density at radius 1 is 0.875 bits per heavy atom. The van der Waals surface area contributed by atoms with Crippen molar-refractivity contribution in [2.45, 2.75) is 54.4 Å². The lowest BCUT2D eigenvalue weighted by atomic mass is 10.1. The van der Waals surface area contributed by atoms with E-state index in [1.54, 1.807) is 0 Å². The molecule has 0 saturated carbocycles. The van der Waals surface area contributed by atoms with E-state index in [1.807, 2.05) is 27.7 Å². The van der Waals surface area contributed by atoms with Gasteiger partial charge in [-0.05, 0) is 30.5 Å². The first-order chi connectivity index (χ1) is 7.86. The summed E-state index contributed by atoms with van der Waals surface area (Å²) in [4.78, 5) is 0. The van der Waals surface area contributed by atoms with Gasteiger partial charge in [0.2, 0.25) is 0 Å². The van der Waals surface area contributed by atoms with Crippen LogP contribution in [0.4, 0.5) is 5.69 Å². The molecule has 0 amide bonds. The molecule has 0 unspecified atom stereocenters. The third kappa shape index (κ3) is 8.34. The maximum absolute atomic E-state index is 3.35. The normalized spacial score (nSPS) is 8.12. The van der Waals surface area contributed by atoms with Crippen molar-refractivity contribution in [2.24, 2.45) is 0 Å². The lowest BCUT2D eigenvalue weighted by Gasteiger charge is -2.04. The van der Waals surface area contributed by atoms with Crippen LogP contribution >= 0.6 is 0 Å². The first kappa shape index (κ1) is 17.4. The molecule has 0 aliphatic rings. The predicted octanol–water partition coefficient (Wildman–Crippen LogP) is 5.12. The van der Waals surface area contributed by atoms with Crippen LogP contribution in [0.3, 0.4) is 0 Å². The third-order valence-electron chi connectivity index (χ3n) is 1.94. The molecule has 0 radical (unpaired) electrons. The van der Waals surface area contributed by atoms with Crippen LogP contribution in [-0.4, -0.2) is 6.54 Å². The highest BCUT2D eigenvalue weighted by molar-refractivity contribution is 5.44. The first-order valence-corrected chi connectivity index (χ1v) is 6.69. The molecular formula is C15H29N. The maximum atomic E-state index is 3.35. The lowest BCUT2D eigenvalue weighted by Crippen LogP contribution is -1.99. The SMILES string of the molecule is CC.CC.CCCNc1ccc(CC)cc1. The molecule has 1 rings (SSSR count). The number of anilines is 1. The number of aryl methyl sites for hydroxylation is 1. The van der Waals surface area contributed by atoms with E-state index in [-0.39, 0.29) is 0 Å². The van der Waals surface area contributed by atoms with Gasteiger partial charge >= 0.3 is 0 Å². The summed E-state index contributed by atoms with van der Waals surface area (Å²) in [6.45, 7) is 13.4. The minimum absolute atomic E-state index is 1.06. The van der Waals surface area contributed by atoms with Crippen LogP contribution in [0.5, 0.6) is 0 Å². The van der Waals surface area contributed by atoms with E-state index >= 15 is 0 Å². The van der Waals surface area contributed by atoms with E-state index in [2.05, 4.69) is 43.4 Å². The van der Waals surface area contributed by atoms with Crippen molar-refractivity contribution in [3.8, 4) is 0 Å². The van der Waals surface area contributed by atoms with Crippen molar-refractivity contribution in [3.05, 3.63) is 29.8 Å². The monoisotopic (exact) mass is 223 g/mol. The molecule has 1 heteroatoms. The smallest absolute Gasteiger partial charge is 0.0340 e. The highest BCUT2D eigenvalue weighted by Crippen LogP contribution is 2.09.